The summed E-state index contributed by atoms with van der Waals surface area (Å²) >= 11 is 0. The van der Waals surface area contributed by atoms with Crippen molar-refractivity contribution < 1.29 is 44.7 Å². The van der Waals surface area contributed by atoms with Gasteiger partial charge in [0.15, 0.2) is 5.82 Å². The van der Waals surface area contributed by atoms with E-state index in [0.717, 1.165) is 21.8 Å². The zero-order chi connectivity index (χ0) is 28.4. The van der Waals surface area contributed by atoms with Gasteiger partial charge in [-0.2, -0.15) is 18.3 Å². The first kappa shape index (κ1) is 26.6. The number of carbonyl (C=O) groups excluding carboxylic acids is 2. The minimum absolute atomic E-state index is 0.311. The number of nitrogens with one attached hydrogen (secondary N) is 1. The molecule has 0 spiro atoms. The van der Waals surface area contributed by atoms with Crippen LogP contribution in [0.5, 0.6) is 0 Å². The highest BCUT2D eigenvalue weighted by molar-refractivity contribution is 5.97. The van der Waals surface area contributed by atoms with Crippen LogP contribution in [0.2, 0.25) is 0 Å². The maximum absolute atomic E-state index is 14.9. The Morgan fingerprint density at radius 3 is 2.49 bits per heavy atom. The average Bonchev–Trinajstić information content (AvgIpc) is 3.15. The number of amides is 2. The van der Waals surface area contributed by atoms with Gasteiger partial charge in [-0.1, -0.05) is 0 Å². The lowest BCUT2D eigenvalue weighted by molar-refractivity contribution is -0.136. The van der Waals surface area contributed by atoms with Gasteiger partial charge in [-0.25, -0.2) is 31.5 Å². The van der Waals surface area contributed by atoms with Crippen molar-refractivity contribution in [2.75, 3.05) is 18.8 Å². The first-order valence-electron chi connectivity index (χ1n) is 11.4. The predicted molar refractivity (Wildman–Crippen MR) is 118 cm³/mol. The Bertz CT molecular complexity index is 1490. The van der Waals surface area contributed by atoms with Crippen LogP contribution in [0, 0.1) is 11.7 Å². The maximum atomic E-state index is 14.9. The van der Waals surface area contributed by atoms with E-state index in [1.165, 1.54) is 0 Å². The van der Waals surface area contributed by atoms with Crippen molar-refractivity contribution in [1.29, 1.82) is 0 Å². The Kier molecular flexibility index (Phi) is 6.18. The molecule has 1 saturated carbocycles. The molecule has 1 unspecified atom stereocenters. The first-order valence-corrected chi connectivity index (χ1v) is 11.4. The number of aromatic nitrogens is 3. The number of anilines is 1. The van der Waals surface area contributed by atoms with Crippen LogP contribution in [0.25, 0.3) is 16.8 Å². The Morgan fingerprint density at radius 2 is 1.87 bits per heavy atom. The molecule has 1 aromatic carbocycles. The number of fused-ring (bicyclic) bond motifs is 1. The molecule has 2 aromatic heterocycles. The number of alkyl halides is 7. The lowest BCUT2D eigenvalue weighted by Crippen LogP contribution is -2.42. The summed E-state index contributed by atoms with van der Waals surface area (Å²) in [5, 5.41) is 5.94. The fraction of sp³-hybridized carbons (Fsp3) is 0.391. The van der Waals surface area contributed by atoms with Crippen LogP contribution < -0.4 is 11.1 Å². The standard InChI is InChI=1S/C23H18F8N6O2/c24-5-11-10(20(38)35-16-7-36(6-15(16)26)21(39)13-4-22(13,27)28)1-9(2-14(11)25)17-3-12(23(29,30)31)18-19(32)33-8-34-37(17)18/h1-3,8,13,15-16H,4-7H2,(H,35,38)(H2,32,33,34)/t13?,15-,16+/m0/s1. The number of nitrogens with zero attached hydrogens (tertiary/aromatic N) is 4. The molecule has 39 heavy (non-hydrogen) atoms. The minimum Gasteiger partial charge on any atom is -0.382 e. The summed E-state index contributed by atoms with van der Waals surface area (Å²) in [6.45, 7) is -2.52. The summed E-state index contributed by atoms with van der Waals surface area (Å²) in [6, 6.07) is 0.836. The van der Waals surface area contributed by atoms with Gasteiger partial charge in [-0.15, -0.1) is 0 Å². The van der Waals surface area contributed by atoms with Gasteiger partial charge in [0.1, 0.15) is 36.4 Å². The van der Waals surface area contributed by atoms with Crippen molar-refractivity contribution in [2.45, 2.75) is 37.4 Å². The number of nitrogen functional groups attached to an aromatic ring is 1. The number of carbonyl (C=O) groups is 2. The molecule has 1 aliphatic heterocycles. The SMILES string of the molecule is Nc1ncnn2c(-c3cc(F)c(CF)c(C(=O)N[C@@H]4CN(C(=O)C5CC5(F)F)C[C@@H]4F)c3)cc(C(F)(F)F)c12. The summed E-state index contributed by atoms with van der Waals surface area (Å²) in [5.41, 5.74) is 1.68. The molecule has 3 N–H and O–H groups in total. The van der Waals surface area contributed by atoms with E-state index in [0.29, 0.717) is 12.1 Å². The number of halogens is 8. The second-order valence-electron chi connectivity index (χ2n) is 9.32. The molecule has 3 heterocycles. The predicted octanol–water partition coefficient (Wildman–Crippen LogP) is 3.54. The van der Waals surface area contributed by atoms with Crippen LogP contribution in [0.4, 0.5) is 40.9 Å². The third kappa shape index (κ3) is 4.61. The summed E-state index contributed by atoms with van der Waals surface area (Å²) in [6.07, 6.45) is -6.58. The van der Waals surface area contributed by atoms with Crippen molar-refractivity contribution in [2.24, 2.45) is 5.92 Å². The van der Waals surface area contributed by atoms with Gasteiger partial charge >= 0.3 is 6.18 Å². The zero-order valence-electron chi connectivity index (χ0n) is 19.6. The first-order chi connectivity index (χ1) is 18.2. The third-order valence-corrected chi connectivity index (χ3v) is 6.76. The molecule has 0 radical (unpaired) electrons. The Labute approximate surface area is 213 Å². The van der Waals surface area contributed by atoms with Gasteiger partial charge in [-0.3, -0.25) is 9.59 Å². The van der Waals surface area contributed by atoms with Crippen molar-refractivity contribution >= 4 is 23.1 Å². The van der Waals surface area contributed by atoms with E-state index in [9.17, 15) is 44.7 Å². The fourth-order valence-electron chi connectivity index (χ4n) is 4.64. The Hall–Kier alpha value is -3.98. The summed E-state index contributed by atoms with van der Waals surface area (Å²) in [7, 11) is 0. The molecule has 3 aromatic rings. The molecule has 2 fully saturated rings. The number of nitrogens with two attached hydrogens (primary N) is 1. The molecule has 208 valence electrons. The summed E-state index contributed by atoms with van der Waals surface area (Å²) in [5.74, 6) is -8.71. The van der Waals surface area contributed by atoms with Crippen molar-refractivity contribution in [1.82, 2.24) is 24.8 Å². The fourth-order valence-corrected chi connectivity index (χ4v) is 4.64. The molecule has 3 atom stereocenters. The Morgan fingerprint density at radius 1 is 1.18 bits per heavy atom. The van der Waals surface area contributed by atoms with E-state index < -0.39 is 102 Å². The van der Waals surface area contributed by atoms with E-state index >= 15 is 0 Å². The maximum Gasteiger partial charge on any atom is 0.418 e. The molecule has 2 aliphatic rings. The second kappa shape index (κ2) is 9.05. The van der Waals surface area contributed by atoms with E-state index in [1.54, 1.807) is 0 Å². The smallest absolute Gasteiger partial charge is 0.382 e. The topological polar surface area (TPSA) is 106 Å². The molecule has 16 heteroatoms. The van der Waals surface area contributed by atoms with Crippen LogP contribution in [0.15, 0.2) is 24.5 Å². The van der Waals surface area contributed by atoms with Gasteiger partial charge in [0.2, 0.25) is 5.91 Å². The van der Waals surface area contributed by atoms with Gasteiger partial charge in [-0.05, 0) is 18.2 Å². The van der Waals surface area contributed by atoms with Crippen molar-refractivity contribution in [3.05, 3.63) is 47.0 Å². The summed E-state index contributed by atoms with van der Waals surface area (Å²) < 4.78 is 111. The number of benzene rings is 1. The zero-order valence-corrected chi connectivity index (χ0v) is 19.6. The van der Waals surface area contributed by atoms with Crippen LogP contribution in [-0.4, -0.2) is 62.5 Å². The van der Waals surface area contributed by atoms with Crippen LogP contribution in [-0.2, 0) is 17.6 Å². The highest BCUT2D eigenvalue weighted by Gasteiger charge is 2.63. The quantitative estimate of drug-likeness (QED) is 0.463. The van der Waals surface area contributed by atoms with E-state index in [-0.39, 0.29) is 11.3 Å². The normalized spacial score (nSPS) is 22.4. The van der Waals surface area contributed by atoms with Gasteiger partial charge < -0.3 is 16.0 Å². The largest absolute Gasteiger partial charge is 0.418 e. The molecule has 8 nitrogen and oxygen atoms in total. The van der Waals surface area contributed by atoms with Crippen LogP contribution in [0.1, 0.15) is 27.9 Å². The second-order valence-corrected chi connectivity index (χ2v) is 9.32. The number of hydrogen-bond acceptors (Lipinski definition) is 5. The van der Waals surface area contributed by atoms with Crippen molar-refractivity contribution in [3.8, 4) is 11.3 Å². The van der Waals surface area contributed by atoms with Crippen LogP contribution >= 0.6 is 0 Å². The van der Waals surface area contributed by atoms with Gasteiger partial charge in [0.25, 0.3) is 11.8 Å². The lowest BCUT2D eigenvalue weighted by atomic mass is 10.0. The van der Waals surface area contributed by atoms with E-state index in [2.05, 4.69) is 15.4 Å². The van der Waals surface area contributed by atoms with Gasteiger partial charge in [0.05, 0.1) is 23.8 Å². The molecule has 1 aliphatic carbocycles. The molecular formula is C23H18F8N6O2. The monoisotopic (exact) mass is 562 g/mol. The van der Waals surface area contributed by atoms with E-state index in [4.69, 9.17) is 5.73 Å². The third-order valence-electron chi connectivity index (χ3n) is 6.76. The minimum atomic E-state index is -4.91. The van der Waals surface area contributed by atoms with E-state index in [1.807, 2.05) is 0 Å². The molecule has 1 saturated heterocycles. The number of likely N-dealkylation sites (tertiary alicyclic amines) is 1. The summed E-state index contributed by atoms with van der Waals surface area (Å²) in [4.78, 5) is 29.6. The molecule has 2 amide bonds. The molecule has 5 rings (SSSR count). The van der Waals surface area contributed by atoms with Crippen molar-refractivity contribution in [3.63, 3.8) is 0 Å². The Balaban J connectivity index is 1.48. The molecule has 0 bridgehead atoms. The van der Waals surface area contributed by atoms with Gasteiger partial charge in [0, 0.05) is 29.7 Å². The molecular weight excluding hydrogens is 544 g/mol. The highest BCUT2D eigenvalue weighted by atomic mass is 19.4. The lowest BCUT2D eigenvalue weighted by Gasteiger charge is -2.18. The van der Waals surface area contributed by atoms with Crippen LogP contribution in [0.3, 0.4) is 0 Å². The number of rotatable bonds is 5. The average molecular weight is 562 g/mol. The highest BCUT2D eigenvalue weighted by Crippen LogP contribution is 2.50. The number of hydrogen-bond donors (Lipinski definition) is 2.